The van der Waals surface area contributed by atoms with E-state index in [4.69, 9.17) is 10.8 Å². The minimum absolute atomic E-state index is 0.137. The maximum Gasteiger partial charge on any atom is 0.335 e. The normalized spacial score (nSPS) is 11.2. The molecule has 0 radical (unpaired) electrons. The predicted octanol–water partition coefficient (Wildman–Crippen LogP) is 1.53. The first-order chi connectivity index (χ1) is 9.58. The van der Waals surface area contributed by atoms with E-state index in [9.17, 15) is 9.90 Å². The molecule has 2 rings (SSSR count). The average molecular weight is 276 g/mol. The number of aromatic nitrogens is 1. The number of carboxylic acid groups (broad SMARTS) is 1. The highest BCUT2D eigenvalue weighted by atomic mass is 16.4. The van der Waals surface area contributed by atoms with E-state index in [2.05, 4.69) is 4.57 Å². The van der Waals surface area contributed by atoms with Gasteiger partial charge in [0, 0.05) is 30.3 Å². The molecule has 0 unspecified atom stereocenters. The van der Waals surface area contributed by atoms with Crippen LogP contribution in [0.3, 0.4) is 0 Å². The fraction of sp³-hybridized carbons (Fsp3) is 0.400. The van der Waals surface area contributed by atoms with Crippen LogP contribution in [0.1, 0.15) is 27.9 Å². The summed E-state index contributed by atoms with van der Waals surface area (Å²) in [7, 11) is 0. The van der Waals surface area contributed by atoms with Crippen molar-refractivity contribution < 1.29 is 15.0 Å². The van der Waals surface area contributed by atoms with Crippen molar-refractivity contribution in [1.29, 1.82) is 0 Å². The molecule has 1 aromatic heterocycles. The van der Waals surface area contributed by atoms with E-state index in [1.165, 1.54) is 0 Å². The number of aliphatic hydroxyl groups excluding tert-OH is 1. The van der Waals surface area contributed by atoms with E-state index in [1.807, 2.05) is 12.3 Å². The zero-order valence-electron chi connectivity index (χ0n) is 11.6. The molecule has 4 N–H and O–H groups in total. The van der Waals surface area contributed by atoms with Crippen LogP contribution in [0.2, 0.25) is 0 Å². The largest absolute Gasteiger partial charge is 0.478 e. The zero-order valence-corrected chi connectivity index (χ0v) is 11.6. The van der Waals surface area contributed by atoms with Gasteiger partial charge < -0.3 is 20.5 Å². The summed E-state index contributed by atoms with van der Waals surface area (Å²) >= 11 is 0. The van der Waals surface area contributed by atoms with Crippen LogP contribution >= 0.6 is 0 Å². The van der Waals surface area contributed by atoms with Gasteiger partial charge in [-0.3, -0.25) is 0 Å². The molecule has 0 fully saturated rings. The lowest BCUT2D eigenvalue weighted by molar-refractivity contribution is 0.0696. The second-order valence-corrected chi connectivity index (χ2v) is 4.95. The second-order valence-electron chi connectivity index (χ2n) is 4.95. The molecule has 0 saturated heterocycles. The van der Waals surface area contributed by atoms with Gasteiger partial charge in [-0.25, -0.2) is 4.79 Å². The highest BCUT2D eigenvalue weighted by Gasteiger charge is 2.14. The Labute approximate surface area is 117 Å². The molecule has 5 heteroatoms. The summed E-state index contributed by atoms with van der Waals surface area (Å²) in [6.07, 6.45) is 3.40. The number of aliphatic hydroxyl groups is 1. The SMILES string of the molecule is Cc1cc2c(cc1C(=O)O)c(CCN)cn2CCCO. The lowest BCUT2D eigenvalue weighted by Gasteiger charge is -2.06. The lowest BCUT2D eigenvalue weighted by atomic mass is 10.0. The summed E-state index contributed by atoms with van der Waals surface area (Å²) in [4.78, 5) is 11.2. The Morgan fingerprint density at radius 2 is 2.15 bits per heavy atom. The monoisotopic (exact) mass is 276 g/mol. The van der Waals surface area contributed by atoms with Crippen molar-refractivity contribution in [2.24, 2.45) is 5.73 Å². The van der Waals surface area contributed by atoms with Crippen molar-refractivity contribution in [2.45, 2.75) is 26.3 Å². The molecule has 5 nitrogen and oxygen atoms in total. The summed E-state index contributed by atoms with van der Waals surface area (Å²) in [5, 5.41) is 19.1. The first-order valence-electron chi connectivity index (χ1n) is 6.75. The fourth-order valence-corrected chi connectivity index (χ4v) is 2.53. The summed E-state index contributed by atoms with van der Waals surface area (Å²) in [5.74, 6) is -0.911. The van der Waals surface area contributed by atoms with Crippen molar-refractivity contribution in [3.05, 3.63) is 35.0 Å². The standard InChI is InChI=1S/C15H20N2O3/c1-10-7-14-13(8-12(10)15(19)20)11(3-4-16)9-17(14)5-2-6-18/h7-9,18H,2-6,16H2,1H3,(H,19,20). The minimum Gasteiger partial charge on any atom is -0.478 e. The van der Waals surface area contributed by atoms with Crippen molar-refractivity contribution >= 4 is 16.9 Å². The lowest BCUT2D eigenvalue weighted by Crippen LogP contribution is -2.03. The predicted molar refractivity (Wildman–Crippen MR) is 78.1 cm³/mol. The van der Waals surface area contributed by atoms with Crippen LogP contribution in [0.25, 0.3) is 10.9 Å². The molecule has 0 aliphatic carbocycles. The topological polar surface area (TPSA) is 88.5 Å². The van der Waals surface area contributed by atoms with Crippen molar-refractivity contribution in [3.8, 4) is 0 Å². The third-order valence-corrected chi connectivity index (χ3v) is 3.51. The van der Waals surface area contributed by atoms with Gasteiger partial charge in [0.25, 0.3) is 0 Å². The van der Waals surface area contributed by atoms with Crippen molar-refractivity contribution in [3.63, 3.8) is 0 Å². The van der Waals surface area contributed by atoms with Gasteiger partial charge in [-0.05, 0) is 49.6 Å². The number of hydrogen-bond acceptors (Lipinski definition) is 3. The number of carbonyl (C=O) groups is 1. The molecular formula is C15H20N2O3. The Balaban J connectivity index is 2.59. The van der Waals surface area contributed by atoms with Crippen LogP contribution in [0.15, 0.2) is 18.3 Å². The van der Waals surface area contributed by atoms with Crippen LogP contribution in [0.5, 0.6) is 0 Å². The summed E-state index contributed by atoms with van der Waals surface area (Å²) < 4.78 is 2.06. The fourth-order valence-electron chi connectivity index (χ4n) is 2.53. The van der Waals surface area contributed by atoms with E-state index in [1.54, 1.807) is 13.0 Å². The van der Waals surface area contributed by atoms with Crippen molar-refractivity contribution in [2.75, 3.05) is 13.2 Å². The molecule has 108 valence electrons. The number of rotatable bonds is 6. The molecule has 2 aromatic rings. The molecule has 0 amide bonds. The second kappa shape index (κ2) is 6.07. The summed E-state index contributed by atoms with van der Waals surface area (Å²) in [6, 6.07) is 3.63. The summed E-state index contributed by atoms with van der Waals surface area (Å²) in [5.41, 5.74) is 8.76. The minimum atomic E-state index is -0.911. The molecule has 0 aliphatic rings. The van der Waals surface area contributed by atoms with E-state index in [0.717, 1.165) is 22.0 Å². The highest BCUT2D eigenvalue weighted by Crippen LogP contribution is 2.26. The molecule has 0 saturated carbocycles. The molecule has 0 bridgehead atoms. The van der Waals surface area contributed by atoms with Gasteiger partial charge in [0.2, 0.25) is 0 Å². The van der Waals surface area contributed by atoms with Crippen LogP contribution < -0.4 is 5.73 Å². The van der Waals surface area contributed by atoms with E-state index in [-0.39, 0.29) is 6.61 Å². The van der Waals surface area contributed by atoms with Crippen LogP contribution in [-0.4, -0.2) is 33.9 Å². The van der Waals surface area contributed by atoms with E-state index in [0.29, 0.717) is 31.5 Å². The third kappa shape index (κ3) is 2.69. The zero-order chi connectivity index (χ0) is 14.7. The average Bonchev–Trinajstić information content (AvgIpc) is 2.73. The third-order valence-electron chi connectivity index (χ3n) is 3.51. The quantitative estimate of drug-likeness (QED) is 0.746. The first kappa shape index (κ1) is 14.6. The summed E-state index contributed by atoms with van der Waals surface area (Å²) in [6.45, 7) is 3.17. The van der Waals surface area contributed by atoms with Crippen LogP contribution in [0.4, 0.5) is 0 Å². The molecule has 20 heavy (non-hydrogen) atoms. The number of fused-ring (bicyclic) bond motifs is 1. The van der Waals surface area contributed by atoms with E-state index < -0.39 is 5.97 Å². The number of nitrogens with two attached hydrogens (primary N) is 1. The first-order valence-corrected chi connectivity index (χ1v) is 6.75. The smallest absolute Gasteiger partial charge is 0.335 e. The molecule has 0 spiro atoms. The van der Waals surface area contributed by atoms with Crippen molar-refractivity contribution in [1.82, 2.24) is 4.57 Å². The van der Waals surface area contributed by atoms with Gasteiger partial charge in [0.05, 0.1) is 5.56 Å². The number of benzene rings is 1. The number of nitrogens with zero attached hydrogens (tertiary/aromatic N) is 1. The molecule has 1 aromatic carbocycles. The maximum atomic E-state index is 11.2. The van der Waals surface area contributed by atoms with Gasteiger partial charge in [0.1, 0.15) is 0 Å². The number of hydrogen-bond donors (Lipinski definition) is 3. The Bertz CT molecular complexity index is 632. The maximum absolute atomic E-state index is 11.2. The van der Waals surface area contributed by atoms with E-state index >= 15 is 0 Å². The molecular weight excluding hydrogens is 256 g/mol. The Kier molecular flexibility index (Phi) is 4.42. The molecule has 1 heterocycles. The molecule has 0 atom stereocenters. The van der Waals surface area contributed by atoms with Gasteiger partial charge in [-0.2, -0.15) is 0 Å². The van der Waals surface area contributed by atoms with Gasteiger partial charge in [-0.1, -0.05) is 0 Å². The highest BCUT2D eigenvalue weighted by molar-refractivity contribution is 5.96. The number of aryl methyl sites for hydroxylation is 2. The van der Waals surface area contributed by atoms with Crippen LogP contribution in [0, 0.1) is 6.92 Å². The van der Waals surface area contributed by atoms with Gasteiger partial charge >= 0.3 is 5.97 Å². The van der Waals surface area contributed by atoms with Gasteiger partial charge in [-0.15, -0.1) is 0 Å². The Morgan fingerprint density at radius 3 is 2.75 bits per heavy atom. The number of aromatic carboxylic acids is 1. The van der Waals surface area contributed by atoms with Gasteiger partial charge in [0.15, 0.2) is 0 Å². The van der Waals surface area contributed by atoms with Crippen LogP contribution in [-0.2, 0) is 13.0 Å². The number of carboxylic acids is 1. The Hall–Kier alpha value is -1.85. The molecule has 0 aliphatic heterocycles. The Morgan fingerprint density at radius 1 is 1.40 bits per heavy atom.